The van der Waals surface area contributed by atoms with Crippen molar-refractivity contribution in [3.63, 3.8) is 0 Å². The van der Waals surface area contributed by atoms with Crippen molar-refractivity contribution in [1.82, 2.24) is 10.5 Å². The molecular formula is C11H14ClN3O. The molecule has 2 aromatic rings. The van der Waals surface area contributed by atoms with Gasteiger partial charge in [0, 0.05) is 26.2 Å². The van der Waals surface area contributed by atoms with E-state index in [1.807, 2.05) is 18.2 Å². The Hall–Kier alpha value is -1.26. The molecule has 0 bridgehead atoms. The van der Waals surface area contributed by atoms with E-state index in [2.05, 4.69) is 21.4 Å². The van der Waals surface area contributed by atoms with Crippen molar-refractivity contribution < 1.29 is 4.52 Å². The van der Waals surface area contributed by atoms with Crippen LogP contribution < -0.4 is 10.2 Å². The molecule has 0 spiro atoms. The summed E-state index contributed by atoms with van der Waals surface area (Å²) in [7, 11) is 0. The summed E-state index contributed by atoms with van der Waals surface area (Å²) in [5, 5.41) is 8.49. The number of halogens is 1. The Balaban J connectivity index is 0.000000963. The predicted molar refractivity (Wildman–Crippen MR) is 66.3 cm³/mol. The number of aromatic nitrogens is 1. The maximum atomic E-state index is 5.40. The molecule has 1 N–H and O–H groups in total. The topological polar surface area (TPSA) is 41.3 Å². The first-order valence-electron chi connectivity index (χ1n) is 5.25. The molecule has 2 heterocycles. The number of fused-ring (bicyclic) bond motifs is 1. The highest BCUT2D eigenvalue weighted by Crippen LogP contribution is 2.26. The van der Waals surface area contributed by atoms with Gasteiger partial charge in [-0.15, -0.1) is 12.4 Å². The molecule has 1 aromatic heterocycles. The Morgan fingerprint density at radius 2 is 1.94 bits per heavy atom. The van der Waals surface area contributed by atoms with Crippen LogP contribution in [0.2, 0.25) is 0 Å². The largest absolute Gasteiger partial charge is 0.338 e. The Bertz CT molecular complexity index is 465. The quantitative estimate of drug-likeness (QED) is 0.822. The van der Waals surface area contributed by atoms with Crippen molar-refractivity contribution in [2.75, 3.05) is 31.1 Å². The highest BCUT2D eigenvalue weighted by Gasteiger charge is 2.17. The number of rotatable bonds is 1. The van der Waals surface area contributed by atoms with Gasteiger partial charge in [0.1, 0.15) is 5.52 Å². The van der Waals surface area contributed by atoms with Gasteiger partial charge in [0.25, 0.3) is 0 Å². The van der Waals surface area contributed by atoms with Gasteiger partial charge in [-0.1, -0.05) is 17.3 Å². The summed E-state index contributed by atoms with van der Waals surface area (Å²) in [6, 6.07) is 8.03. The van der Waals surface area contributed by atoms with E-state index < -0.39 is 0 Å². The van der Waals surface area contributed by atoms with Crippen molar-refractivity contribution in [2.45, 2.75) is 0 Å². The molecule has 0 saturated carbocycles. The third-order valence-corrected chi connectivity index (χ3v) is 2.77. The van der Waals surface area contributed by atoms with Gasteiger partial charge < -0.3 is 14.7 Å². The van der Waals surface area contributed by atoms with Crippen molar-refractivity contribution in [2.24, 2.45) is 0 Å². The zero-order valence-electron chi connectivity index (χ0n) is 8.85. The highest BCUT2D eigenvalue weighted by atomic mass is 35.5. The van der Waals surface area contributed by atoms with Gasteiger partial charge in [0.2, 0.25) is 5.88 Å². The molecule has 5 heteroatoms. The van der Waals surface area contributed by atoms with E-state index in [9.17, 15) is 0 Å². The van der Waals surface area contributed by atoms with E-state index in [1.54, 1.807) is 0 Å². The number of anilines is 1. The molecule has 1 fully saturated rings. The molecule has 3 rings (SSSR count). The smallest absolute Gasteiger partial charge is 0.235 e. The van der Waals surface area contributed by atoms with E-state index in [1.165, 1.54) is 0 Å². The summed E-state index contributed by atoms with van der Waals surface area (Å²) < 4.78 is 5.40. The number of benzene rings is 1. The average Bonchev–Trinajstić information content (AvgIpc) is 2.74. The minimum Gasteiger partial charge on any atom is -0.338 e. The van der Waals surface area contributed by atoms with Crippen LogP contribution in [0.1, 0.15) is 0 Å². The fourth-order valence-electron chi connectivity index (χ4n) is 1.97. The van der Waals surface area contributed by atoms with E-state index in [0.717, 1.165) is 43.0 Å². The number of nitrogens with one attached hydrogen (secondary N) is 1. The van der Waals surface area contributed by atoms with Gasteiger partial charge in [-0.25, -0.2) is 0 Å². The summed E-state index contributed by atoms with van der Waals surface area (Å²) in [5.41, 5.74) is 0.936. The van der Waals surface area contributed by atoms with E-state index in [0.29, 0.717) is 0 Å². The summed E-state index contributed by atoms with van der Waals surface area (Å²) in [6.45, 7) is 3.99. The molecule has 4 nitrogen and oxygen atoms in total. The van der Waals surface area contributed by atoms with E-state index in [4.69, 9.17) is 4.52 Å². The summed E-state index contributed by atoms with van der Waals surface area (Å²) in [5.74, 6) is 0.909. The molecule has 0 radical (unpaired) electrons. The van der Waals surface area contributed by atoms with Crippen LogP contribution in [0.4, 0.5) is 5.88 Å². The average molecular weight is 240 g/mol. The maximum Gasteiger partial charge on any atom is 0.235 e. The fourth-order valence-corrected chi connectivity index (χ4v) is 1.97. The summed E-state index contributed by atoms with van der Waals surface area (Å²) in [6.07, 6.45) is 0. The zero-order chi connectivity index (χ0) is 10.1. The minimum atomic E-state index is 0. The lowest BCUT2D eigenvalue weighted by Crippen LogP contribution is -2.43. The Morgan fingerprint density at radius 1 is 1.19 bits per heavy atom. The molecule has 1 aliphatic rings. The Morgan fingerprint density at radius 3 is 2.75 bits per heavy atom. The molecule has 1 aromatic carbocycles. The first kappa shape index (κ1) is 11.2. The summed E-state index contributed by atoms with van der Waals surface area (Å²) >= 11 is 0. The monoisotopic (exact) mass is 239 g/mol. The molecule has 0 amide bonds. The van der Waals surface area contributed by atoms with Crippen LogP contribution in [0.25, 0.3) is 10.9 Å². The van der Waals surface area contributed by atoms with Crippen LogP contribution in [-0.4, -0.2) is 31.3 Å². The number of nitrogens with zero attached hydrogens (tertiary/aromatic N) is 2. The molecule has 86 valence electrons. The van der Waals surface area contributed by atoms with Crippen LogP contribution in [0.3, 0.4) is 0 Å². The summed E-state index contributed by atoms with van der Waals surface area (Å²) in [4.78, 5) is 2.24. The van der Waals surface area contributed by atoms with E-state index in [-0.39, 0.29) is 12.4 Å². The third-order valence-electron chi connectivity index (χ3n) is 2.77. The van der Waals surface area contributed by atoms with Gasteiger partial charge in [-0.05, 0) is 12.1 Å². The number of piperazine rings is 1. The molecular weight excluding hydrogens is 226 g/mol. The lowest BCUT2D eigenvalue weighted by Gasteiger charge is -2.26. The van der Waals surface area contributed by atoms with Crippen molar-refractivity contribution in [3.05, 3.63) is 24.3 Å². The van der Waals surface area contributed by atoms with Crippen molar-refractivity contribution in [3.8, 4) is 0 Å². The molecule has 1 aliphatic heterocycles. The van der Waals surface area contributed by atoms with Crippen LogP contribution >= 0.6 is 12.4 Å². The lowest BCUT2D eigenvalue weighted by atomic mass is 10.2. The van der Waals surface area contributed by atoms with Crippen LogP contribution in [0, 0.1) is 0 Å². The molecule has 0 unspecified atom stereocenters. The maximum absolute atomic E-state index is 5.40. The predicted octanol–water partition coefficient (Wildman–Crippen LogP) is 1.66. The Labute approximate surface area is 100.0 Å². The lowest BCUT2D eigenvalue weighted by molar-refractivity contribution is 0.414. The molecule has 16 heavy (non-hydrogen) atoms. The van der Waals surface area contributed by atoms with Crippen LogP contribution in [-0.2, 0) is 0 Å². The van der Waals surface area contributed by atoms with Crippen LogP contribution in [0.5, 0.6) is 0 Å². The first-order chi connectivity index (χ1) is 7.45. The number of hydrogen-bond donors (Lipinski definition) is 1. The first-order valence-corrected chi connectivity index (χ1v) is 5.25. The molecule has 0 aliphatic carbocycles. The standard InChI is InChI=1S/C11H13N3O.ClH/c1-2-4-10-9(3-1)11(15-13-10)14-7-5-12-6-8-14;/h1-4,12H,5-8H2;1H. The van der Waals surface area contributed by atoms with Gasteiger partial charge in [-0.3, -0.25) is 0 Å². The molecule has 1 saturated heterocycles. The fraction of sp³-hybridized carbons (Fsp3) is 0.364. The van der Waals surface area contributed by atoms with Gasteiger partial charge in [0.15, 0.2) is 0 Å². The highest BCUT2D eigenvalue weighted by molar-refractivity contribution is 5.88. The minimum absolute atomic E-state index is 0. The second-order valence-electron chi connectivity index (χ2n) is 3.74. The van der Waals surface area contributed by atoms with Crippen LogP contribution in [0.15, 0.2) is 28.8 Å². The van der Waals surface area contributed by atoms with Gasteiger partial charge in [0.05, 0.1) is 5.39 Å². The second kappa shape index (κ2) is 4.72. The van der Waals surface area contributed by atoms with Crippen molar-refractivity contribution in [1.29, 1.82) is 0 Å². The van der Waals surface area contributed by atoms with Gasteiger partial charge in [-0.2, -0.15) is 0 Å². The Kier molecular flexibility index (Phi) is 3.31. The second-order valence-corrected chi connectivity index (χ2v) is 3.74. The third kappa shape index (κ3) is 1.86. The molecule has 0 atom stereocenters. The normalized spacial score (nSPS) is 16.1. The SMILES string of the molecule is Cl.c1ccc2c(N3CCNCC3)onc2c1. The zero-order valence-corrected chi connectivity index (χ0v) is 9.67. The number of hydrogen-bond acceptors (Lipinski definition) is 4. The van der Waals surface area contributed by atoms with Crippen molar-refractivity contribution >= 4 is 29.2 Å². The van der Waals surface area contributed by atoms with E-state index >= 15 is 0 Å². The van der Waals surface area contributed by atoms with Gasteiger partial charge >= 0.3 is 0 Å².